The molecule has 1 amide bonds. The Morgan fingerprint density at radius 3 is 2.60 bits per heavy atom. The van der Waals surface area contributed by atoms with Crippen molar-refractivity contribution in [1.29, 1.82) is 0 Å². The second-order valence-electron chi connectivity index (χ2n) is 7.54. The number of carbonyl (C=O) groups is 1. The van der Waals surface area contributed by atoms with Crippen molar-refractivity contribution in [2.45, 2.75) is 37.4 Å². The number of carboxylic acid groups (broad SMARTS) is 1. The Bertz CT molecular complexity index is 881. The van der Waals surface area contributed by atoms with Crippen LogP contribution in [-0.4, -0.2) is 75.5 Å². The second-order valence-corrected chi connectivity index (χ2v) is 9.80. The number of piperidine rings is 1. The fourth-order valence-electron chi connectivity index (χ4n) is 4.33. The molecule has 11 heteroatoms. The third-order valence-electron chi connectivity index (χ3n) is 5.69. The van der Waals surface area contributed by atoms with Gasteiger partial charge in [-0.3, -0.25) is 4.90 Å². The summed E-state index contributed by atoms with van der Waals surface area (Å²) in [5.41, 5.74) is 2.18. The molecule has 1 saturated heterocycles. The van der Waals surface area contributed by atoms with Gasteiger partial charge in [-0.1, -0.05) is 0 Å². The molecular weight excluding hydrogens is 434 g/mol. The zero-order valence-corrected chi connectivity index (χ0v) is 18.6. The van der Waals surface area contributed by atoms with Gasteiger partial charge in [0.1, 0.15) is 0 Å². The average Bonchev–Trinajstić information content (AvgIpc) is 2.71. The van der Waals surface area contributed by atoms with Crippen LogP contribution in [0.2, 0.25) is 0 Å². The van der Waals surface area contributed by atoms with Gasteiger partial charge in [0, 0.05) is 25.0 Å². The van der Waals surface area contributed by atoms with E-state index in [4.69, 9.17) is 21.1 Å². The van der Waals surface area contributed by atoms with E-state index in [0.717, 1.165) is 24.1 Å². The average molecular weight is 462 g/mol. The molecule has 2 heterocycles. The third-order valence-corrected chi connectivity index (χ3v) is 7.45. The van der Waals surface area contributed by atoms with E-state index in [2.05, 4.69) is 14.9 Å². The number of alkyl halides is 1. The number of methoxy groups -OCH3 is 2. The van der Waals surface area contributed by atoms with Gasteiger partial charge in [-0.25, -0.2) is 17.9 Å². The molecule has 3 N–H and O–H groups in total. The first kappa shape index (κ1) is 22.9. The van der Waals surface area contributed by atoms with E-state index in [1.807, 2.05) is 12.1 Å². The van der Waals surface area contributed by atoms with Crippen LogP contribution in [0, 0.1) is 0 Å². The highest BCUT2D eigenvalue weighted by Gasteiger charge is 2.41. The lowest BCUT2D eigenvalue weighted by Crippen LogP contribution is -2.62. The van der Waals surface area contributed by atoms with Gasteiger partial charge in [-0.2, -0.15) is 0 Å². The molecule has 2 aliphatic rings. The summed E-state index contributed by atoms with van der Waals surface area (Å²) in [5.74, 6) is 1.43. The quantitative estimate of drug-likeness (QED) is 0.503. The van der Waals surface area contributed by atoms with Crippen LogP contribution in [0.3, 0.4) is 0 Å². The SMILES string of the molecule is COc1cc2c(cc1OC)C1CC(NC(=O)O)C(NS(=O)(=O)CCCCl)CN1CC2. The van der Waals surface area contributed by atoms with Crippen molar-refractivity contribution in [2.75, 3.05) is 38.9 Å². The first-order chi connectivity index (χ1) is 14.3. The largest absolute Gasteiger partial charge is 0.493 e. The summed E-state index contributed by atoms with van der Waals surface area (Å²) in [6.07, 6.45) is 0.385. The Labute approximate surface area is 181 Å². The van der Waals surface area contributed by atoms with Crippen LogP contribution in [0.5, 0.6) is 11.5 Å². The van der Waals surface area contributed by atoms with E-state index in [1.54, 1.807) is 14.2 Å². The summed E-state index contributed by atoms with van der Waals surface area (Å²) in [5, 5.41) is 11.8. The molecule has 9 nitrogen and oxygen atoms in total. The fourth-order valence-corrected chi connectivity index (χ4v) is 5.97. The van der Waals surface area contributed by atoms with Crippen molar-refractivity contribution in [3.05, 3.63) is 23.3 Å². The van der Waals surface area contributed by atoms with Gasteiger partial charge < -0.3 is 19.9 Å². The van der Waals surface area contributed by atoms with E-state index in [0.29, 0.717) is 30.9 Å². The highest BCUT2D eigenvalue weighted by Crippen LogP contribution is 2.41. The molecule has 30 heavy (non-hydrogen) atoms. The highest BCUT2D eigenvalue weighted by molar-refractivity contribution is 7.89. The molecule has 1 fully saturated rings. The minimum atomic E-state index is -3.56. The number of fused-ring (bicyclic) bond motifs is 3. The zero-order chi connectivity index (χ0) is 21.9. The van der Waals surface area contributed by atoms with Crippen LogP contribution in [0.15, 0.2) is 12.1 Å². The van der Waals surface area contributed by atoms with Crippen molar-refractivity contribution >= 4 is 27.7 Å². The molecule has 0 aromatic heterocycles. The second kappa shape index (κ2) is 9.59. The molecule has 3 unspecified atom stereocenters. The number of nitrogens with one attached hydrogen (secondary N) is 2. The van der Waals surface area contributed by atoms with E-state index >= 15 is 0 Å². The van der Waals surface area contributed by atoms with Crippen LogP contribution in [-0.2, 0) is 16.4 Å². The van der Waals surface area contributed by atoms with Crippen LogP contribution < -0.4 is 19.5 Å². The van der Waals surface area contributed by atoms with Gasteiger partial charge in [0.2, 0.25) is 10.0 Å². The Kier molecular flexibility index (Phi) is 7.33. The van der Waals surface area contributed by atoms with Crippen molar-refractivity contribution in [2.24, 2.45) is 0 Å². The zero-order valence-electron chi connectivity index (χ0n) is 17.1. The summed E-state index contributed by atoms with van der Waals surface area (Å²) in [4.78, 5) is 13.6. The number of hydrogen-bond acceptors (Lipinski definition) is 6. The molecule has 0 saturated carbocycles. The van der Waals surface area contributed by atoms with Gasteiger partial charge in [-0.05, 0) is 42.5 Å². The topological polar surface area (TPSA) is 117 Å². The van der Waals surface area contributed by atoms with Crippen molar-refractivity contribution in [3.8, 4) is 11.5 Å². The van der Waals surface area contributed by atoms with Crippen LogP contribution >= 0.6 is 11.6 Å². The molecule has 2 aliphatic heterocycles. The summed E-state index contributed by atoms with van der Waals surface area (Å²) >= 11 is 5.62. The maximum absolute atomic E-state index is 12.4. The molecule has 0 bridgehead atoms. The summed E-state index contributed by atoms with van der Waals surface area (Å²) < 4.78 is 38.3. The van der Waals surface area contributed by atoms with E-state index in [1.165, 1.54) is 0 Å². The lowest BCUT2D eigenvalue weighted by atomic mass is 9.83. The normalized spacial score (nSPS) is 23.9. The third kappa shape index (κ3) is 5.11. The first-order valence-electron chi connectivity index (χ1n) is 9.82. The minimum absolute atomic E-state index is 0.0472. The number of rotatable bonds is 8. The lowest BCUT2D eigenvalue weighted by molar-refractivity contribution is 0.0922. The van der Waals surface area contributed by atoms with Gasteiger partial charge in [0.05, 0.1) is 32.1 Å². The molecule has 0 radical (unpaired) electrons. The Hall–Kier alpha value is -1.75. The number of hydrogen-bond donors (Lipinski definition) is 3. The number of benzene rings is 1. The molecule has 0 spiro atoms. The smallest absolute Gasteiger partial charge is 0.404 e. The van der Waals surface area contributed by atoms with Crippen molar-refractivity contribution < 1.29 is 27.8 Å². The van der Waals surface area contributed by atoms with Crippen LogP contribution in [0.4, 0.5) is 4.79 Å². The molecule has 1 aromatic carbocycles. The van der Waals surface area contributed by atoms with Crippen LogP contribution in [0.25, 0.3) is 0 Å². The van der Waals surface area contributed by atoms with E-state index in [9.17, 15) is 18.3 Å². The predicted octanol–water partition coefficient (Wildman–Crippen LogP) is 1.56. The van der Waals surface area contributed by atoms with Gasteiger partial charge in [0.15, 0.2) is 11.5 Å². The monoisotopic (exact) mass is 461 g/mol. The summed E-state index contributed by atoms with van der Waals surface area (Å²) in [6.45, 7) is 1.15. The van der Waals surface area contributed by atoms with E-state index in [-0.39, 0.29) is 17.7 Å². The standard InChI is InChI=1S/C19H28ClN3O6S/c1-28-17-8-12-4-6-23-11-15(22-30(26,27)7-3-5-20)14(21-19(24)25)10-16(23)13(12)9-18(17)29-2/h8-9,14-16,21-22H,3-7,10-11H2,1-2H3,(H,24,25). The van der Waals surface area contributed by atoms with Crippen molar-refractivity contribution in [3.63, 3.8) is 0 Å². The number of sulfonamides is 1. The molecule has 1 aromatic rings. The number of ether oxygens (including phenoxy) is 2. The van der Waals surface area contributed by atoms with Gasteiger partial charge in [0.25, 0.3) is 0 Å². The lowest BCUT2D eigenvalue weighted by Gasteiger charge is -2.47. The molecule has 3 rings (SSSR count). The predicted molar refractivity (Wildman–Crippen MR) is 113 cm³/mol. The maximum atomic E-state index is 12.4. The van der Waals surface area contributed by atoms with Crippen molar-refractivity contribution in [1.82, 2.24) is 14.9 Å². The minimum Gasteiger partial charge on any atom is -0.493 e. The molecule has 168 valence electrons. The molecular formula is C19H28ClN3O6S. The molecule has 0 aliphatic carbocycles. The first-order valence-corrected chi connectivity index (χ1v) is 12.0. The fraction of sp³-hybridized carbons (Fsp3) is 0.632. The number of nitrogens with zero attached hydrogens (tertiary/aromatic N) is 1. The molecule has 3 atom stereocenters. The summed E-state index contributed by atoms with van der Waals surface area (Å²) in [7, 11) is -0.394. The number of halogens is 1. The Morgan fingerprint density at radius 1 is 1.27 bits per heavy atom. The Morgan fingerprint density at radius 2 is 1.97 bits per heavy atom. The van der Waals surface area contributed by atoms with Gasteiger partial charge >= 0.3 is 6.09 Å². The van der Waals surface area contributed by atoms with E-state index < -0.39 is 28.2 Å². The van der Waals surface area contributed by atoms with Crippen LogP contribution in [0.1, 0.15) is 30.0 Å². The maximum Gasteiger partial charge on any atom is 0.404 e. The Balaban J connectivity index is 1.87. The highest BCUT2D eigenvalue weighted by atomic mass is 35.5. The number of amides is 1. The summed E-state index contributed by atoms with van der Waals surface area (Å²) in [6, 6.07) is 2.74. The van der Waals surface area contributed by atoms with Gasteiger partial charge in [-0.15, -0.1) is 11.6 Å².